The van der Waals surface area contributed by atoms with Crippen LogP contribution >= 0.6 is 0 Å². The molecule has 3 amide bonds. The first-order chi connectivity index (χ1) is 14.9. The van der Waals surface area contributed by atoms with Gasteiger partial charge in [-0.3, -0.25) is 14.4 Å². The molecule has 3 rings (SSSR count). The monoisotopic (exact) mass is 423 g/mol. The number of benzene rings is 2. The molecule has 2 N–H and O–H groups in total. The summed E-state index contributed by atoms with van der Waals surface area (Å²) < 4.78 is 5.16. The fourth-order valence-electron chi connectivity index (χ4n) is 3.35. The summed E-state index contributed by atoms with van der Waals surface area (Å²) in [5, 5.41) is 5.41. The summed E-state index contributed by atoms with van der Waals surface area (Å²) in [4.78, 5) is 50.0. The van der Waals surface area contributed by atoms with Crippen LogP contribution in [0.1, 0.15) is 30.1 Å². The number of nitrogens with one attached hydrogen (secondary N) is 2. The van der Waals surface area contributed by atoms with Crippen molar-refractivity contribution in [2.45, 2.75) is 19.8 Å². The van der Waals surface area contributed by atoms with Crippen molar-refractivity contribution in [1.82, 2.24) is 4.90 Å². The number of Topliss-reactive ketones (excluding diaryl/α,β-unsaturated/α-hetero) is 1. The van der Waals surface area contributed by atoms with Crippen LogP contribution in [-0.2, 0) is 14.3 Å². The molecule has 1 heterocycles. The van der Waals surface area contributed by atoms with Crippen LogP contribution in [0.4, 0.5) is 16.2 Å². The van der Waals surface area contributed by atoms with Gasteiger partial charge < -0.3 is 20.3 Å². The second-order valence-electron chi connectivity index (χ2n) is 7.37. The zero-order chi connectivity index (χ0) is 22.2. The van der Waals surface area contributed by atoms with Gasteiger partial charge in [0.05, 0.1) is 5.92 Å². The molecule has 1 saturated heterocycles. The van der Waals surface area contributed by atoms with Crippen LogP contribution in [0, 0.1) is 5.92 Å². The van der Waals surface area contributed by atoms with Gasteiger partial charge in [0.2, 0.25) is 0 Å². The van der Waals surface area contributed by atoms with Gasteiger partial charge in [-0.2, -0.15) is 0 Å². The summed E-state index contributed by atoms with van der Waals surface area (Å²) in [5.74, 6) is -1.60. The zero-order valence-corrected chi connectivity index (χ0v) is 17.3. The smallest absolute Gasteiger partial charge is 0.321 e. The Morgan fingerprint density at radius 1 is 1.00 bits per heavy atom. The Morgan fingerprint density at radius 2 is 1.74 bits per heavy atom. The van der Waals surface area contributed by atoms with Crippen molar-refractivity contribution in [3.63, 3.8) is 0 Å². The third-order valence-electron chi connectivity index (χ3n) is 4.97. The Bertz CT molecular complexity index is 961. The highest BCUT2D eigenvalue weighted by atomic mass is 16.5. The maximum absolute atomic E-state index is 12.5. The molecule has 31 heavy (non-hydrogen) atoms. The number of likely N-dealkylation sites (tertiary alicyclic amines) is 1. The third-order valence-corrected chi connectivity index (χ3v) is 4.97. The van der Waals surface area contributed by atoms with Gasteiger partial charge in [0.15, 0.2) is 12.4 Å². The number of amides is 3. The SMILES string of the molecule is CC(=O)c1cccc(NC(=O)COC(=O)C2CCCN(C(=O)Nc3ccccc3)C2)c1. The summed E-state index contributed by atoms with van der Waals surface area (Å²) in [6, 6.07) is 15.3. The lowest BCUT2D eigenvalue weighted by atomic mass is 9.98. The van der Waals surface area contributed by atoms with E-state index in [1.807, 2.05) is 18.2 Å². The Hall–Kier alpha value is -3.68. The van der Waals surface area contributed by atoms with E-state index in [0.29, 0.717) is 36.3 Å². The number of piperidine rings is 1. The highest BCUT2D eigenvalue weighted by Crippen LogP contribution is 2.19. The van der Waals surface area contributed by atoms with Crippen LogP contribution in [-0.4, -0.2) is 48.3 Å². The molecule has 1 fully saturated rings. The minimum atomic E-state index is -0.509. The van der Waals surface area contributed by atoms with E-state index < -0.39 is 24.4 Å². The van der Waals surface area contributed by atoms with Crippen molar-refractivity contribution in [1.29, 1.82) is 0 Å². The summed E-state index contributed by atoms with van der Waals surface area (Å²) in [7, 11) is 0. The quantitative estimate of drug-likeness (QED) is 0.548. The van der Waals surface area contributed by atoms with Crippen molar-refractivity contribution in [3.8, 4) is 0 Å². The standard InChI is InChI=1S/C23H25N3O5/c1-16(27)17-7-5-11-20(13-17)24-21(28)15-31-22(29)18-8-6-12-26(14-18)23(30)25-19-9-3-2-4-10-19/h2-5,7,9-11,13,18H,6,8,12,14-15H2,1H3,(H,24,28)(H,25,30). The van der Waals surface area contributed by atoms with Crippen LogP contribution in [0.25, 0.3) is 0 Å². The maximum atomic E-state index is 12.5. The molecule has 0 radical (unpaired) electrons. The predicted octanol–water partition coefficient (Wildman–Crippen LogP) is 3.32. The van der Waals surface area contributed by atoms with E-state index in [0.717, 1.165) is 0 Å². The first kappa shape index (κ1) is 22.0. The molecule has 1 aliphatic rings. The van der Waals surface area contributed by atoms with Gasteiger partial charge in [0.1, 0.15) is 0 Å². The van der Waals surface area contributed by atoms with Crippen molar-refractivity contribution in [3.05, 3.63) is 60.2 Å². The van der Waals surface area contributed by atoms with Gasteiger partial charge >= 0.3 is 12.0 Å². The number of hydrogen-bond acceptors (Lipinski definition) is 5. The Morgan fingerprint density at radius 3 is 2.48 bits per heavy atom. The highest BCUT2D eigenvalue weighted by Gasteiger charge is 2.30. The van der Waals surface area contributed by atoms with E-state index in [1.165, 1.54) is 6.92 Å². The van der Waals surface area contributed by atoms with Crippen LogP contribution in [0.2, 0.25) is 0 Å². The number of carbonyl (C=O) groups is 4. The first-order valence-corrected chi connectivity index (χ1v) is 10.1. The number of esters is 1. The minimum absolute atomic E-state index is 0.110. The van der Waals surface area contributed by atoms with E-state index in [4.69, 9.17) is 4.74 Å². The summed E-state index contributed by atoms with van der Waals surface area (Å²) in [6.07, 6.45) is 1.27. The Labute approximate surface area is 180 Å². The van der Waals surface area contributed by atoms with E-state index in [2.05, 4.69) is 10.6 Å². The largest absolute Gasteiger partial charge is 0.455 e. The summed E-state index contributed by atoms with van der Waals surface area (Å²) in [6.45, 7) is 1.79. The molecule has 0 bridgehead atoms. The van der Waals surface area contributed by atoms with Crippen molar-refractivity contribution in [2.24, 2.45) is 5.92 Å². The van der Waals surface area contributed by atoms with E-state index in [-0.39, 0.29) is 18.4 Å². The normalized spacial score (nSPS) is 15.6. The van der Waals surface area contributed by atoms with Crippen molar-refractivity contribution < 1.29 is 23.9 Å². The fourth-order valence-corrected chi connectivity index (χ4v) is 3.35. The molecule has 1 aliphatic heterocycles. The fraction of sp³-hybridized carbons (Fsp3) is 0.304. The van der Waals surface area contributed by atoms with Gasteiger partial charge in [-0.25, -0.2) is 4.79 Å². The lowest BCUT2D eigenvalue weighted by Crippen LogP contribution is -2.45. The average Bonchev–Trinajstić information content (AvgIpc) is 2.78. The maximum Gasteiger partial charge on any atom is 0.321 e. The number of anilines is 2. The molecule has 0 spiro atoms. The second-order valence-corrected chi connectivity index (χ2v) is 7.37. The number of nitrogens with zero attached hydrogens (tertiary/aromatic N) is 1. The number of para-hydroxylation sites is 1. The number of urea groups is 1. The Balaban J connectivity index is 1.47. The topological polar surface area (TPSA) is 105 Å². The lowest BCUT2D eigenvalue weighted by molar-refractivity contribution is -0.152. The van der Waals surface area contributed by atoms with Crippen LogP contribution in [0.5, 0.6) is 0 Å². The predicted molar refractivity (Wildman–Crippen MR) is 116 cm³/mol. The van der Waals surface area contributed by atoms with Gasteiger partial charge in [-0.15, -0.1) is 0 Å². The molecule has 1 atom stereocenters. The number of rotatable bonds is 6. The van der Waals surface area contributed by atoms with Crippen molar-refractivity contribution >= 4 is 35.1 Å². The van der Waals surface area contributed by atoms with Crippen molar-refractivity contribution in [2.75, 3.05) is 30.3 Å². The van der Waals surface area contributed by atoms with E-state index in [9.17, 15) is 19.2 Å². The molecular formula is C23H25N3O5. The minimum Gasteiger partial charge on any atom is -0.455 e. The molecule has 0 aromatic heterocycles. The molecule has 0 saturated carbocycles. The number of carbonyl (C=O) groups excluding carboxylic acids is 4. The molecule has 0 aliphatic carbocycles. The average molecular weight is 423 g/mol. The highest BCUT2D eigenvalue weighted by molar-refractivity contribution is 5.97. The Kier molecular flexibility index (Phi) is 7.37. The van der Waals surface area contributed by atoms with Gasteiger partial charge in [0, 0.05) is 30.0 Å². The molecule has 8 heteroatoms. The molecular weight excluding hydrogens is 398 g/mol. The van der Waals surface area contributed by atoms with E-state index >= 15 is 0 Å². The van der Waals surface area contributed by atoms with Crippen LogP contribution < -0.4 is 10.6 Å². The molecule has 2 aromatic rings. The van der Waals surface area contributed by atoms with Gasteiger partial charge in [-0.1, -0.05) is 30.3 Å². The second kappa shape index (κ2) is 10.4. The lowest BCUT2D eigenvalue weighted by Gasteiger charge is -2.31. The summed E-state index contributed by atoms with van der Waals surface area (Å²) >= 11 is 0. The molecule has 2 aromatic carbocycles. The number of ketones is 1. The third kappa shape index (κ3) is 6.40. The van der Waals surface area contributed by atoms with Gasteiger partial charge in [-0.05, 0) is 44.0 Å². The molecule has 8 nitrogen and oxygen atoms in total. The first-order valence-electron chi connectivity index (χ1n) is 10.1. The molecule has 1 unspecified atom stereocenters. The zero-order valence-electron chi connectivity index (χ0n) is 17.3. The summed E-state index contributed by atoms with van der Waals surface area (Å²) in [5.41, 5.74) is 1.61. The number of hydrogen-bond donors (Lipinski definition) is 2. The van der Waals surface area contributed by atoms with E-state index in [1.54, 1.807) is 41.3 Å². The molecule has 162 valence electrons. The van der Waals surface area contributed by atoms with Crippen LogP contribution in [0.15, 0.2) is 54.6 Å². The van der Waals surface area contributed by atoms with Crippen LogP contribution in [0.3, 0.4) is 0 Å². The number of ether oxygens (including phenoxy) is 1. The van der Waals surface area contributed by atoms with Gasteiger partial charge in [0.25, 0.3) is 5.91 Å².